The highest BCUT2D eigenvalue weighted by Crippen LogP contribution is 2.37. The molecule has 11 nitrogen and oxygen atoms in total. The van der Waals surface area contributed by atoms with E-state index in [9.17, 15) is 23.2 Å². The van der Waals surface area contributed by atoms with Gasteiger partial charge in [-0.1, -0.05) is 0 Å². The van der Waals surface area contributed by atoms with Gasteiger partial charge < -0.3 is 34.0 Å². The van der Waals surface area contributed by atoms with Crippen molar-refractivity contribution in [3.63, 3.8) is 0 Å². The molecule has 1 saturated carbocycles. The molecule has 1 aliphatic rings. The fraction of sp³-hybridized carbons (Fsp3) is 0.419. The van der Waals surface area contributed by atoms with Crippen molar-refractivity contribution >= 4 is 18.0 Å². The molecule has 2 aromatic carbocycles. The van der Waals surface area contributed by atoms with Crippen molar-refractivity contribution in [1.29, 1.82) is 0 Å². The summed E-state index contributed by atoms with van der Waals surface area (Å²) in [5.41, 5.74) is 0.542. The summed E-state index contributed by atoms with van der Waals surface area (Å²) in [6, 6.07) is 9.50. The van der Waals surface area contributed by atoms with Gasteiger partial charge in [-0.05, 0) is 88.9 Å². The zero-order valence-corrected chi connectivity index (χ0v) is 25.1. The zero-order valence-electron chi connectivity index (χ0n) is 25.1. The maximum atomic E-state index is 13.0. The highest BCUT2D eigenvalue weighted by Gasteiger charge is 2.26. The summed E-state index contributed by atoms with van der Waals surface area (Å²) in [5, 5.41) is 5.46. The maximum absolute atomic E-state index is 13.0. The average Bonchev–Trinajstić information content (AvgIpc) is 3.70. The second-order valence-electron chi connectivity index (χ2n) is 11.2. The number of ether oxygens (including phenoxy) is 4. The van der Waals surface area contributed by atoms with E-state index >= 15 is 0 Å². The number of halogens is 2. The van der Waals surface area contributed by atoms with Crippen molar-refractivity contribution in [2.75, 3.05) is 13.7 Å². The minimum Gasteiger partial charge on any atom is -0.489 e. The van der Waals surface area contributed by atoms with E-state index in [4.69, 9.17) is 13.9 Å². The van der Waals surface area contributed by atoms with Crippen molar-refractivity contribution in [1.82, 2.24) is 15.6 Å². The second kappa shape index (κ2) is 13.7. The molecule has 3 aromatic rings. The Hall–Kier alpha value is -4.68. The number of nitrogens with zero attached hydrogens (tertiary/aromatic N) is 1. The first-order valence-corrected chi connectivity index (χ1v) is 14.0. The van der Waals surface area contributed by atoms with Crippen molar-refractivity contribution in [2.45, 2.75) is 65.3 Å². The van der Waals surface area contributed by atoms with Crippen LogP contribution in [0, 0.1) is 5.92 Å². The first-order valence-electron chi connectivity index (χ1n) is 14.0. The van der Waals surface area contributed by atoms with Gasteiger partial charge in [0.2, 0.25) is 5.89 Å². The summed E-state index contributed by atoms with van der Waals surface area (Å²) in [4.78, 5) is 41.7. The lowest BCUT2D eigenvalue weighted by Gasteiger charge is -2.21. The summed E-state index contributed by atoms with van der Waals surface area (Å²) in [6.07, 6.45) is 1.31. The SMILES string of the molecule is COC(=O)c1ccc(C(=O)NCc2nc(-c3ccc(OC(F)F)c(OCC4CC4)c3)oc2C(C)NC(=O)OC(C)(C)C)cc1. The van der Waals surface area contributed by atoms with Gasteiger partial charge in [0.05, 0.1) is 31.9 Å². The van der Waals surface area contributed by atoms with E-state index in [0.29, 0.717) is 29.3 Å². The van der Waals surface area contributed by atoms with Gasteiger partial charge >= 0.3 is 18.7 Å². The molecule has 1 aliphatic carbocycles. The first-order chi connectivity index (χ1) is 20.8. The molecule has 1 unspecified atom stereocenters. The number of carbonyl (C=O) groups excluding carboxylic acids is 3. The van der Waals surface area contributed by atoms with Gasteiger partial charge in [0.15, 0.2) is 17.3 Å². The van der Waals surface area contributed by atoms with E-state index in [1.54, 1.807) is 27.7 Å². The minimum absolute atomic E-state index is 0.0889. The van der Waals surface area contributed by atoms with Crippen molar-refractivity contribution < 1.29 is 46.5 Å². The number of nitrogens with one attached hydrogen (secondary N) is 2. The zero-order chi connectivity index (χ0) is 32.0. The van der Waals surface area contributed by atoms with Crippen LogP contribution < -0.4 is 20.1 Å². The lowest BCUT2D eigenvalue weighted by Crippen LogP contribution is -2.34. The fourth-order valence-electron chi connectivity index (χ4n) is 4.08. The molecule has 1 atom stereocenters. The highest BCUT2D eigenvalue weighted by atomic mass is 19.3. The smallest absolute Gasteiger partial charge is 0.408 e. The van der Waals surface area contributed by atoms with Crippen LogP contribution in [0.3, 0.4) is 0 Å². The molecule has 0 saturated heterocycles. The Kier molecular flexibility index (Phi) is 10.1. The number of alkyl halides is 2. The third-order valence-corrected chi connectivity index (χ3v) is 6.42. The number of aromatic nitrogens is 1. The van der Waals surface area contributed by atoms with Crippen molar-refractivity contribution in [3.8, 4) is 23.0 Å². The van der Waals surface area contributed by atoms with E-state index in [0.717, 1.165) is 12.8 Å². The quantitative estimate of drug-likeness (QED) is 0.234. The monoisotopic (exact) mass is 615 g/mol. The Labute approximate surface area is 253 Å². The molecule has 1 heterocycles. The van der Waals surface area contributed by atoms with Crippen molar-refractivity contribution in [3.05, 3.63) is 65.0 Å². The van der Waals surface area contributed by atoms with E-state index < -0.39 is 36.2 Å². The van der Waals surface area contributed by atoms with E-state index in [1.807, 2.05) is 0 Å². The number of alkyl carbamates (subject to hydrolysis) is 1. The molecule has 236 valence electrons. The van der Waals surface area contributed by atoms with E-state index in [1.165, 1.54) is 49.6 Å². The first kappa shape index (κ1) is 32.2. The molecular formula is C31H35F2N3O8. The number of hydrogen-bond acceptors (Lipinski definition) is 9. The van der Waals surface area contributed by atoms with Crippen LogP contribution >= 0.6 is 0 Å². The molecule has 0 spiro atoms. The Morgan fingerprint density at radius 1 is 1.05 bits per heavy atom. The van der Waals surface area contributed by atoms with Crippen LogP contribution in [0.15, 0.2) is 46.9 Å². The summed E-state index contributed by atoms with van der Waals surface area (Å²) >= 11 is 0. The lowest BCUT2D eigenvalue weighted by molar-refractivity contribution is -0.0515. The predicted octanol–water partition coefficient (Wildman–Crippen LogP) is 6.03. The summed E-state index contributed by atoms with van der Waals surface area (Å²) in [6.45, 7) is 4.08. The maximum Gasteiger partial charge on any atom is 0.408 e. The molecule has 0 radical (unpaired) electrons. The van der Waals surface area contributed by atoms with Crippen LogP contribution in [-0.2, 0) is 16.0 Å². The summed E-state index contributed by atoms with van der Waals surface area (Å²) < 4.78 is 52.6. The van der Waals surface area contributed by atoms with E-state index in [-0.39, 0.29) is 35.3 Å². The molecule has 4 rings (SSSR count). The van der Waals surface area contributed by atoms with Crippen LogP contribution in [-0.4, -0.2) is 48.9 Å². The van der Waals surface area contributed by atoms with Gasteiger partial charge in [-0.15, -0.1) is 0 Å². The fourth-order valence-corrected chi connectivity index (χ4v) is 4.08. The Bertz CT molecular complexity index is 1480. The number of methoxy groups -OCH3 is 1. The number of benzene rings is 2. The molecule has 1 aromatic heterocycles. The van der Waals surface area contributed by atoms with Gasteiger partial charge in [-0.3, -0.25) is 4.79 Å². The Morgan fingerprint density at radius 3 is 2.34 bits per heavy atom. The Morgan fingerprint density at radius 2 is 1.73 bits per heavy atom. The highest BCUT2D eigenvalue weighted by molar-refractivity contribution is 5.96. The minimum atomic E-state index is -3.04. The normalized spacial score (nSPS) is 13.6. The number of oxazole rings is 1. The summed E-state index contributed by atoms with van der Waals surface area (Å²) in [7, 11) is 1.26. The molecule has 1 fully saturated rings. The molecule has 44 heavy (non-hydrogen) atoms. The van der Waals surface area contributed by atoms with Gasteiger partial charge in [-0.2, -0.15) is 8.78 Å². The molecule has 0 aliphatic heterocycles. The van der Waals surface area contributed by atoms with E-state index in [2.05, 4.69) is 25.1 Å². The number of esters is 1. The van der Waals surface area contributed by atoms with Crippen LogP contribution in [0.2, 0.25) is 0 Å². The third kappa shape index (κ3) is 8.91. The lowest BCUT2D eigenvalue weighted by atomic mass is 10.1. The molecule has 2 amide bonds. The number of rotatable bonds is 12. The van der Waals surface area contributed by atoms with Crippen molar-refractivity contribution in [2.24, 2.45) is 5.92 Å². The number of amides is 2. The predicted molar refractivity (Wildman–Crippen MR) is 154 cm³/mol. The van der Waals surface area contributed by atoms with Crippen LogP contribution in [0.25, 0.3) is 11.5 Å². The van der Waals surface area contributed by atoms with Crippen LogP contribution in [0.5, 0.6) is 11.5 Å². The van der Waals surface area contributed by atoms with Gasteiger partial charge in [0.1, 0.15) is 11.3 Å². The third-order valence-electron chi connectivity index (χ3n) is 6.42. The standard InChI is InChI=1S/C31H35F2N3O8/c1-17(35-30(39)44-31(2,3)4)25-22(15-34-26(37)19-8-10-20(11-9-19)28(38)40-5)36-27(43-25)21-12-13-23(42-29(32)33)24(14-21)41-16-18-6-7-18/h8-14,17-18,29H,6-7,15-16H2,1-5H3,(H,34,37)(H,35,39). The Balaban J connectivity index is 1.60. The molecule has 13 heteroatoms. The average molecular weight is 616 g/mol. The molecular weight excluding hydrogens is 580 g/mol. The topological polar surface area (TPSA) is 138 Å². The molecule has 2 N–H and O–H groups in total. The molecule has 0 bridgehead atoms. The summed E-state index contributed by atoms with van der Waals surface area (Å²) in [5.74, 6) is -0.295. The van der Waals surface area contributed by atoms with Crippen LogP contribution in [0.1, 0.15) is 78.7 Å². The van der Waals surface area contributed by atoms with Crippen LogP contribution in [0.4, 0.5) is 13.6 Å². The number of hydrogen-bond donors (Lipinski definition) is 2. The van der Waals surface area contributed by atoms with Gasteiger partial charge in [-0.25, -0.2) is 14.6 Å². The van der Waals surface area contributed by atoms with Gasteiger partial charge in [0.25, 0.3) is 5.91 Å². The second-order valence-corrected chi connectivity index (χ2v) is 11.2. The van der Waals surface area contributed by atoms with Gasteiger partial charge in [0, 0.05) is 11.1 Å². The largest absolute Gasteiger partial charge is 0.489 e. The number of carbonyl (C=O) groups is 3.